The summed E-state index contributed by atoms with van der Waals surface area (Å²) in [5.41, 5.74) is 2.75. The zero-order valence-corrected chi connectivity index (χ0v) is 21.0. The Balaban J connectivity index is 1.49. The number of carbonyl (C=O) groups is 1. The van der Waals surface area contributed by atoms with Gasteiger partial charge < -0.3 is 25.0 Å². The Hall–Kier alpha value is -3.17. The second kappa shape index (κ2) is 13.4. The van der Waals surface area contributed by atoms with Crippen LogP contribution in [0.2, 0.25) is 0 Å². The Morgan fingerprint density at radius 3 is 2.46 bits per heavy atom. The normalized spacial score (nSPS) is 13.2. The van der Waals surface area contributed by atoms with Gasteiger partial charge in [-0.05, 0) is 42.2 Å². The van der Waals surface area contributed by atoms with Gasteiger partial charge in [0.05, 0.1) is 19.3 Å². The molecule has 0 unspecified atom stereocenters. The molecule has 0 radical (unpaired) electrons. The van der Waals surface area contributed by atoms with Crippen molar-refractivity contribution < 1.29 is 33.3 Å². The first kappa shape index (κ1) is 28.4. The molecule has 2 atom stereocenters. The fraction of sp³-hybridized carbons (Fsp3) is 0.345. The molecular formula is C29H33F2NO5. The Kier molecular flexibility index (Phi) is 10.3. The van der Waals surface area contributed by atoms with E-state index in [0.29, 0.717) is 17.5 Å². The molecule has 3 N–H and O–H groups in total. The van der Waals surface area contributed by atoms with Gasteiger partial charge in [0, 0.05) is 30.6 Å². The van der Waals surface area contributed by atoms with Crippen LogP contribution in [0.15, 0.2) is 72.8 Å². The third-order valence-electron chi connectivity index (χ3n) is 5.83. The van der Waals surface area contributed by atoms with Crippen LogP contribution in [0.4, 0.5) is 8.78 Å². The lowest BCUT2D eigenvalue weighted by molar-refractivity contribution is -0.131. The van der Waals surface area contributed by atoms with Gasteiger partial charge in [-0.2, -0.15) is 8.78 Å². The predicted octanol–water partition coefficient (Wildman–Crippen LogP) is 4.67. The first-order chi connectivity index (χ1) is 17.7. The zero-order valence-electron chi connectivity index (χ0n) is 21.0. The quantitative estimate of drug-likeness (QED) is 0.228. The average molecular weight is 514 g/mol. The summed E-state index contributed by atoms with van der Waals surface area (Å²) in [6.07, 6.45) is -0.168. The van der Waals surface area contributed by atoms with Gasteiger partial charge in [-0.3, -0.25) is 4.79 Å². The van der Waals surface area contributed by atoms with Gasteiger partial charge in [0.25, 0.3) is 5.92 Å². The van der Waals surface area contributed by atoms with Crippen molar-refractivity contribution in [2.24, 2.45) is 0 Å². The molecule has 0 aliphatic rings. The van der Waals surface area contributed by atoms with Crippen molar-refractivity contribution in [2.75, 3.05) is 13.2 Å². The average Bonchev–Trinajstić information content (AvgIpc) is 2.88. The molecule has 0 amide bonds. The summed E-state index contributed by atoms with van der Waals surface area (Å²) in [5.74, 6) is -3.28. The van der Waals surface area contributed by atoms with Crippen LogP contribution in [0, 0.1) is 0 Å². The lowest BCUT2D eigenvalue weighted by Gasteiger charge is -2.19. The predicted molar refractivity (Wildman–Crippen MR) is 136 cm³/mol. The van der Waals surface area contributed by atoms with E-state index in [1.54, 1.807) is 36.4 Å². The largest absolute Gasteiger partial charge is 0.426 e. The minimum atomic E-state index is -3.06. The van der Waals surface area contributed by atoms with Gasteiger partial charge in [-0.15, -0.1) is 0 Å². The SMILES string of the molecule is CC(=O)Oc1ccc([C@@H](O)CN[C@H](C)Cc2cccc(COCC(F)(F)c3ccccc3)c2)cc1CO. The molecule has 0 aliphatic carbocycles. The number of hydrogen-bond donors (Lipinski definition) is 3. The first-order valence-electron chi connectivity index (χ1n) is 12.1. The highest BCUT2D eigenvalue weighted by atomic mass is 19.3. The molecule has 3 aromatic carbocycles. The number of rotatable bonds is 13. The Morgan fingerprint density at radius 1 is 1.03 bits per heavy atom. The highest BCUT2D eigenvalue weighted by Crippen LogP contribution is 2.28. The smallest absolute Gasteiger partial charge is 0.308 e. The molecular weight excluding hydrogens is 480 g/mol. The molecule has 0 fully saturated rings. The van der Waals surface area contributed by atoms with Crippen LogP contribution >= 0.6 is 0 Å². The van der Waals surface area contributed by atoms with E-state index in [1.807, 2.05) is 31.2 Å². The molecule has 0 aliphatic heterocycles. The molecule has 6 nitrogen and oxygen atoms in total. The van der Waals surface area contributed by atoms with E-state index in [0.717, 1.165) is 11.1 Å². The maximum absolute atomic E-state index is 14.3. The number of ether oxygens (including phenoxy) is 2. The lowest BCUT2D eigenvalue weighted by Crippen LogP contribution is -2.32. The number of benzene rings is 3. The fourth-order valence-corrected chi connectivity index (χ4v) is 3.95. The molecule has 3 rings (SSSR count). The number of esters is 1. The van der Waals surface area contributed by atoms with Crippen molar-refractivity contribution in [2.45, 2.75) is 51.6 Å². The first-order valence-corrected chi connectivity index (χ1v) is 12.1. The van der Waals surface area contributed by atoms with Crippen molar-refractivity contribution >= 4 is 5.97 Å². The topological polar surface area (TPSA) is 88.0 Å². The van der Waals surface area contributed by atoms with Crippen LogP contribution in [0.3, 0.4) is 0 Å². The lowest BCUT2D eigenvalue weighted by atomic mass is 10.0. The number of carbonyl (C=O) groups excluding carboxylic acids is 1. The Morgan fingerprint density at radius 2 is 1.76 bits per heavy atom. The summed E-state index contributed by atoms with van der Waals surface area (Å²) >= 11 is 0. The number of hydrogen-bond acceptors (Lipinski definition) is 6. The van der Waals surface area contributed by atoms with Gasteiger partial charge in [-0.1, -0.05) is 60.7 Å². The van der Waals surface area contributed by atoms with Crippen molar-refractivity contribution in [1.29, 1.82) is 0 Å². The molecule has 0 aromatic heterocycles. The molecule has 0 bridgehead atoms. The summed E-state index contributed by atoms with van der Waals surface area (Å²) in [6, 6.07) is 20.1. The molecule has 8 heteroatoms. The van der Waals surface area contributed by atoms with Crippen LogP contribution in [0.1, 0.15) is 47.8 Å². The van der Waals surface area contributed by atoms with E-state index in [1.165, 1.54) is 19.1 Å². The van der Waals surface area contributed by atoms with Crippen molar-refractivity contribution in [3.63, 3.8) is 0 Å². The van der Waals surface area contributed by atoms with Gasteiger partial charge in [0.2, 0.25) is 0 Å². The number of aliphatic hydroxyl groups is 2. The molecule has 37 heavy (non-hydrogen) atoms. The molecule has 3 aromatic rings. The van der Waals surface area contributed by atoms with E-state index < -0.39 is 24.6 Å². The van der Waals surface area contributed by atoms with Crippen LogP contribution < -0.4 is 10.1 Å². The fourth-order valence-electron chi connectivity index (χ4n) is 3.95. The summed E-state index contributed by atoms with van der Waals surface area (Å²) in [4.78, 5) is 11.2. The second-order valence-electron chi connectivity index (χ2n) is 9.03. The number of nitrogens with one attached hydrogen (secondary N) is 1. The van der Waals surface area contributed by atoms with Crippen LogP contribution in [0.5, 0.6) is 5.75 Å². The molecule has 198 valence electrons. The van der Waals surface area contributed by atoms with Crippen LogP contribution in [0.25, 0.3) is 0 Å². The minimum absolute atomic E-state index is 0.0193. The minimum Gasteiger partial charge on any atom is -0.426 e. The Bertz CT molecular complexity index is 1160. The highest BCUT2D eigenvalue weighted by Gasteiger charge is 2.31. The van der Waals surface area contributed by atoms with E-state index in [9.17, 15) is 23.8 Å². The van der Waals surface area contributed by atoms with Gasteiger partial charge in [-0.25, -0.2) is 0 Å². The third-order valence-corrected chi connectivity index (χ3v) is 5.83. The maximum Gasteiger partial charge on any atom is 0.308 e. The number of alkyl halides is 2. The third kappa shape index (κ3) is 8.72. The molecule has 0 saturated carbocycles. The summed E-state index contributed by atoms with van der Waals surface area (Å²) in [7, 11) is 0. The van der Waals surface area contributed by atoms with Crippen LogP contribution in [-0.2, 0) is 35.1 Å². The maximum atomic E-state index is 14.3. The standard InChI is InChI=1S/C29H33F2NO5/c1-20(32-16-27(35)24-11-12-28(37-21(2)34)25(15-24)17-33)13-22-7-6-8-23(14-22)18-36-19-29(30,31)26-9-4-3-5-10-26/h3-12,14-15,20,27,32-33,35H,13,16-19H2,1-2H3/t20-,27+/m1/s1. The zero-order chi connectivity index (χ0) is 26.8. The van der Waals surface area contributed by atoms with Gasteiger partial charge in [0.1, 0.15) is 12.4 Å². The number of aliphatic hydroxyl groups excluding tert-OH is 2. The molecule has 0 spiro atoms. The summed E-state index contributed by atoms with van der Waals surface area (Å²) in [5, 5.41) is 23.4. The second-order valence-corrected chi connectivity index (χ2v) is 9.03. The van der Waals surface area contributed by atoms with Crippen LogP contribution in [-0.4, -0.2) is 35.4 Å². The molecule has 0 saturated heterocycles. The van der Waals surface area contributed by atoms with E-state index in [-0.39, 0.29) is 37.1 Å². The van der Waals surface area contributed by atoms with E-state index in [2.05, 4.69) is 5.32 Å². The van der Waals surface area contributed by atoms with E-state index in [4.69, 9.17) is 9.47 Å². The summed E-state index contributed by atoms with van der Waals surface area (Å²) in [6.45, 7) is 2.60. The monoisotopic (exact) mass is 513 g/mol. The van der Waals surface area contributed by atoms with Crippen molar-refractivity contribution in [1.82, 2.24) is 5.32 Å². The van der Waals surface area contributed by atoms with E-state index >= 15 is 0 Å². The Labute approximate surface area is 215 Å². The van der Waals surface area contributed by atoms with Crippen molar-refractivity contribution in [3.8, 4) is 5.75 Å². The highest BCUT2D eigenvalue weighted by molar-refractivity contribution is 5.69. The van der Waals surface area contributed by atoms with Gasteiger partial charge in [0.15, 0.2) is 0 Å². The van der Waals surface area contributed by atoms with Gasteiger partial charge >= 0.3 is 5.97 Å². The summed E-state index contributed by atoms with van der Waals surface area (Å²) < 4.78 is 39.0. The molecule has 0 heterocycles. The number of halogens is 2. The van der Waals surface area contributed by atoms with Crippen molar-refractivity contribution in [3.05, 3.63) is 101 Å².